The lowest BCUT2D eigenvalue weighted by atomic mass is 10.1. The van der Waals surface area contributed by atoms with Crippen molar-refractivity contribution in [3.8, 4) is 0 Å². The van der Waals surface area contributed by atoms with Gasteiger partial charge in [0.1, 0.15) is 23.3 Å². The van der Waals surface area contributed by atoms with Crippen molar-refractivity contribution in [3.05, 3.63) is 16.7 Å². The average molecular weight is 362 g/mol. The van der Waals surface area contributed by atoms with E-state index in [4.69, 9.17) is 10.5 Å². The van der Waals surface area contributed by atoms with Gasteiger partial charge in [0.25, 0.3) is 5.56 Å². The third kappa shape index (κ3) is 2.22. The van der Waals surface area contributed by atoms with Gasteiger partial charge in [-0.2, -0.15) is 4.98 Å². The van der Waals surface area contributed by atoms with Crippen molar-refractivity contribution in [2.75, 3.05) is 5.73 Å². The Hall–Kier alpha value is -1.53. The molecule has 21 heavy (non-hydrogen) atoms. The van der Waals surface area contributed by atoms with Gasteiger partial charge in [0.15, 0.2) is 17.4 Å². The van der Waals surface area contributed by atoms with Crippen molar-refractivity contribution in [2.45, 2.75) is 29.6 Å². The van der Waals surface area contributed by atoms with Crippen LogP contribution in [0.2, 0.25) is 0 Å². The standard InChI is InChI=1S/C10H12BrN5O5/c11-6(19)5-3(17)4(18)9(21-5)16-1-13-2-7(16)14-10(12)15-8(2)20/h1,3-6,9,17-19H,(H3,12,14,15,20)/t3-,4+,5-,6+,9+/m0/s1. The number of anilines is 1. The Labute approximate surface area is 125 Å². The fraction of sp³-hybridized carbons (Fsp3) is 0.500. The minimum Gasteiger partial charge on any atom is -0.387 e. The van der Waals surface area contributed by atoms with Crippen molar-refractivity contribution >= 4 is 33.0 Å². The van der Waals surface area contributed by atoms with Crippen LogP contribution in [0.5, 0.6) is 0 Å². The molecule has 3 heterocycles. The summed E-state index contributed by atoms with van der Waals surface area (Å²) in [6.45, 7) is 0. The van der Waals surface area contributed by atoms with E-state index in [-0.39, 0.29) is 17.1 Å². The molecule has 1 saturated heterocycles. The Bertz CT molecular complexity index is 730. The molecule has 3 rings (SSSR count). The van der Waals surface area contributed by atoms with Gasteiger partial charge in [-0.3, -0.25) is 14.3 Å². The molecule has 11 heteroatoms. The summed E-state index contributed by atoms with van der Waals surface area (Å²) in [4.78, 5) is 21.8. The zero-order valence-corrected chi connectivity index (χ0v) is 12.0. The second-order valence-electron chi connectivity index (χ2n) is 4.62. The van der Waals surface area contributed by atoms with Gasteiger partial charge in [-0.05, 0) is 0 Å². The fourth-order valence-electron chi connectivity index (χ4n) is 2.27. The Kier molecular flexibility index (Phi) is 3.45. The molecule has 0 saturated carbocycles. The maximum atomic E-state index is 11.7. The number of aliphatic hydroxyl groups excluding tert-OH is 3. The van der Waals surface area contributed by atoms with E-state index in [1.54, 1.807) is 0 Å². The first-order valence-corrected chi connectivity index (χ1v) is 6.88. The second kappa shape index (κ2) is 5.03. The molecule has 0 spiro atoms. The normalized spacial score (nSPS) is 30.9. The molecule has 2 aromatic rings. The van der Waals surface area contributed by atoms with Gasteiger partial charge in [-0.15, -0.1) is 0 Å². The molecule has 10 nitrogen and oxygen atoms in total. The minimum absolute atomic E-state index is 0.0253. The summed E-state index contributed by atoms with van der Waals surface area (Å²) in [6, 6.07) is 0. The lowest BCUT2D eigenvalue weighted by Gasteiger charge is -2.16. The van der Waals surface area contributed by atoms with Crippen molar-refractivity contribution in [2.24, 2.45) is 0 Å². The number of aromatic amines is 1. The van der Waals surface area contributed by atoms with E-state index in [2.05, 4.69) is 30.9 Å². The van der Waals surface area contributed by atoms with Crippen LogP contribution in [0, 0.1) is 0 Å². The summed E-state index contributed by atoms with van der Waals surface area (Å²) in [6.07, 6.45) is -3.50. The maximum Gasteiger partial charge on any atom is 0.280 e. The number of halogens is 1. The van der Waals surface area contributed by atoms with Crippen LogP contribution in [0.15, 0.2) is 11.1 Å². The predicted molar refractivity (Wildman–Crippen MR) is 73.4 cm³/mol. The summed E-state index contributed by atoms with van der Waals surface area (Å²) in [5, 5.41) is 28.2. The molecule has 5 atom stereocenters. The molecule has 0 amide bonds. The fourth-order valence-corrected chi connectivity index (χ4v) is 2.71. The number of aromatic nitrogens is 4. The molecular formula is C10H12BrN5O5. The van der Waals surface area contributed by atoms with E-state index in [1.807, 2.05) is 0 Å². The molecule has 0 aliphatic carbocycles. The zero-order chi connectivity index (χ0) is 15.3. The highest BCUT2D eigenvalue weighted by atomic mass is 79.9. The smallest absolute Gasteiger partial charge is 0.280 e. The number of nitrogens with one attached hydrogen (secondary N) is 1. The van der Waals surface area contributed by atoms with Crippen LogP contribution in [-0.2, 0) is 4.74 Å². The first-order chi connectivity index (χ1) is 9.90. The summed E-state index contributed by atoms with van der Waals surface area (Å²) in [7, 11) is 0. The van der Waals surface area contributed by atoms with Crippen molar-refractivity contribution in [1.29, 1.82) is 0 Å². The number of hydrogen-bond donors (Lipinski definition) is 5. The van der Waals surface area contributed by atoms with E-state index in [0.717, 1.165) is 0 Å². The largest absolute Gasteiger partial charge is 0.387 e. The van der Waals surface area contributed by atoms with Crippen LogP contribution in [0.1, 0.15) is 6.23 Å². The summed E-state index contributed by atoms with van der Waals surface area (Å²) in [5.41, 5.74) is 5.09. The molecule has 0 radical (unpaired) electrons. The van der Waals surface area contributed by atoms with Crippen LogP contribution < -0.4 is 11.3 Å². The van der Waals surface area contributed by atoms with Crippen molar-refractivity contribution in [3.63, 3.8) is 0 Å². The Morgan fingerprint density at radius 2 is 2.19 bits per heavy atom. The summed E-state index contributed by atoms with van der Waals surface area (Å²) >= 11 is 2.88. The predicted octanol–water partition coefficient (Wildman–Crippen LogP) is -1.97. The zero-order valence-electron chi connectivity index (χ0n) is 10.4. The molecule has 1 aliphatic rings. The summed E-state index contributed by atoms with van der Waals surface area (Å²) in [5.74, 6) is -0.112. The number of alkyl halides is 1. The Balaban J connectivity index is 2.07. The lowest BCUT2D eigenvalue weighted by molar-refractivity contribution is -0.0578. The van der Waals surface area contributed by atoms with Gasteiger partial charge in [-0.1, -0.05) is 15.9 Å². The number of fused-ring (bicyclic) bond motifs is 1. The second-order valence-corrected chi connectivity index (χ2v) is 5.56. The van der Waals surface area contributed by atoms with Crippen molar-refractivity contribution in [1.82, 2.24) is 19.5 Å². The van der Waals surface area contributed by atoms with Gasteiger partial charge >= 0.3 is 0 Å². The summed E-state index contributed by atoms with van der Waals surface area (Å²) < 4.78 is 6.69. The molecular weight excluding hydrogens is 350 g/mol. The molecule has 0 unspecified atom stereocenters. The van der Waals surface area contributed by atoms with E-state index in [0.29, 0.717) is 0 Å². The SMILES string of the molecule is Nc1nc2c(ncn2[C@@H]2O[C@H]([C@@H](O)Br)[C@@H](O)[C@H]2O)c(=O)[nH]1. The minimum atomic E-state index is -1.33. The van der Waals surface area contributed by atoms with Gasteiger partial charge < -0.3 is 25.8 Å². The molecule has 0 aromatic carbocycles. The lowest BCUT2D eigenvalue weighted by Crippen LogP contribution is -2.36. The molecule has 2 aromatic heterocycles. The number of imidazole rings is 1. The number of aliphatic hydroxyl groups is 3. The number of nitrogens with two attached hydrogens (primary N) is 1. The molecule has 6 N–H and O–H groups in total. The van der Waals surface area contributed by atoms with Crippen LogP contribution in [0.25, 0.3) is 11.2 Å². The topological polar surface area (TPSA) is 160 Å². The number of rotatable bonds is 2. The van der Waals surface area contributed by atoms with E-state index in [9.17, 15) is 20.1 Å². The van der Waals surface area contributed by atoms with Gasteiger partial charge in [0.2, 0.25) is 5.95 Å². The quantitative estimate of drug-likeness (QED) is 0.385. The first kappa shape index (κ1) is 14.4. The Morgan fingerprint density at radius 3 is 2.81 bits per heavy atom. The maximum absolute atomic E-state index is 11.7. The van der Waals surface area contributed by atoms with E-state index >= 15 is 0 Å². The highest BCUT2D eigenvalue weighted by Gasteiger charge is 2.46. The van der Waals surface area contributed by atoms with E-state index in [1.165, 1.54) is 10.9 Å². The number of hydrogen-bond acceptors (Lipinski definition) is 8. The van der Waals surface area contributed by atoms with Crippen LogP contribution in [0.4, 0.5) is 5.95 Å². The highest BCUT2D eigenvalue weighted by molar-refractivity contribution is 9.09. The first-order valence-electron chi connectivity index (χ1n) is 5.96. The van der Waals surface area contributed by atoms with Crippen LogP contribution in [0.3, 0.4) is 0 Å². The number of nitrogen functional groups attached to an aromatic ring is 1. The Morgan fingerprint density at radius 1 is 1.48 bits per heavy atom. The third-order valence-corrected chi connectivity index (χ3v) is 3.79. The highest BCUT2D eigenvalue weighted by Crippen LogP contribution is 2.33. The number of H-pyrrole nitrogens is 1. The van der Waals surface area contributed by atoms with Crippen LogP contribution >= 0.6 is 15.9 Å². The molecule has 1 fully saturated rings. The van der Waals surface area contributed by atoms with E-state index < -0.39 is 35.1 Å². The van der Waals surface area contributed by atoms with Gasteiger partial charge in [0.05, 0.1) is 6.33 Å². The van der Waals surface area contributed by atoms with Crippen molar-refractivity contribution < 1.29 is 20.1 Å². The number of ether oxygens (including phenoxy) is 1. The van der Waals surface area contributed by atoms with Gasteiger partial charge in [-0.25, -0.2) is 4.98 Å². The molecule has 0 bridgehead atoms. The third-order valence-electron chi connectivity index (χ3n) is 3.27. The number of nitrogens with zero attached hydrogens (tertiary/aromatic N) is 3. The van der Waals surface area contributed by atoms with Crippen LogP contribution in [-0.4, -0.2) is 58.2 Å². The molecule has 114 valence electrons. The average Bonchev–Trinajstić information content (AvgIpc) is 2.93. The molecule has 1 aliphatic heterocycles. The monoisotopic (exact) mass is 361 g/mol. The van der Waals surface area contributed by atoms with Gasteiger partial charge in [0, 0.05) is 0 Å².